The Balaban J connectivity index is 2.65. The molecule has 94 valence electrons. The van der Waals surface area contributed by atoms with Crippen molar-refractivity contribution in [3.05, 3.63) is 0 Å². The minimum absolute atomic E-state index is 0.273. The Morgan fingerprint density at radius 2 is 2.12 bits per heavy atom. The molecule has 0 aromatic heterocycles. The maximum absolute atomic E-state index is 11.8. The van der Waals surface area contributed by atoms with Crippen LogP contribution in [0.4, 0.5) is 0 Å². The van der Waals surface area contributed by atoms with Crippen molar-refractivity contribution in [1.82, 2.24) is 4.31 Å². The highest BCUT2D eigenvalue weighted by atomic mass is 32.2. The van der Waals surface area contributed by atoms with Gasteiger partial charge < -0.3 is 9.84 Å². The van der Waals surface area contributed by atoms with Crippen molar-refractivity contribution >= 4 is 16.0 Å². The number of carboxylic acids is 1. The summed E-state index contributed by atoms with van der Waals surface area (Å²) >= 11 is 0. The maximum Gasteiger partial charge on any atom is 0.304 e. The molecule has 0 aliphatic carbocycles. The van der Waals surface area contributed by atoms with Gasteiger partial charge in [0.25, 0.3) is 0 Å². The van der Waals surface area contributed by atoms with Gasteiger partial charge in [-0.05, 0) is 13.8 Å². The van der Waals surface area contributed by atoms with Crippen LogP contribution in [0, 0.1) is 0 Å². The molecule has 1 fully saturated rings. The number of morpholine rings is 1. The van der Waals surface area contributed by atoms with Crippen LogP contribution in [0.5, 0.6) is 0 Å². The van der Waals surface area contributed by atoms with Gasteiger partial charge in [-0.25, -0.2) is 8.42 Å². The van der Waals surface area contributed by atoms with E-state index in [4.69, 9.17) is 9.84 Å². The minimum atomic E-state index is -3.48. The number of hydrogen-bond donors (Lipinski definition) is 1. The van der Waals surface area contributed by atoms with Gasteiger partial charge >= 0.3 is 5.97 Å². The molecule has 0 spiro atoms. The second-order valence-corrected chi connectivity index (χ2v) is 6.49. The molecule has 6 nitrogen and oxygen atoms in total. The van der Waals surface area contributed by atoms with Gasteiger partial charge in [0.2, 0.25) is 10.0 Å². The van der Waals surface area contributed by atoms with E-state index in [1.807, 2.05) is 13.8 Å². The van der Waals surface area contributed by atoms with E-state index in [9.17, 15) is 13.2 Å². The molecule has 0 aromatic carbocycles. The molecule has 1 aliphatic heterocycles. The van der Waals surface area contributed by atoms with Gasteiger partial charge in [-0.2, -0.15) is 4.31 Å². The molecular weight excluding hydrogens is 234 g/mol. The summed E-state index contributed by atoms with van der Waals surface area (Å²) < 4.78 is 30.3. The molecule has 0 amide bonds. The molecule has 0 unspecified atom stereocenters. The summed E-state index contributed by atoms with van der Waals surface area (Å²) in [6.07, 6.45) is -0.361. The quantitative estimate of drug-likeness (QED) is 0.754. The summed E-state index contributed by atoms with van der Waals surface area (Å²) in [6, 6.07) is 0. The third kappa shape index (κ3) is 3.73. The van der Waals surface area contributed by atoms with Crippen molar-refractivity contribution in [2.75, 3.05) is 25.4 Å². The summed E-state index contributed by atoms with van der Waals surface area (Å²) in [5.41, 5.74) is -0.505. The van der Waals surface area contributed by atoms with E-state index in [1.165, 1.54) is 4.31 Å². The first kappa shape index (κ1) is 13.4. The highest BCUT2D eigenvalue weighted by molar-refractivity contribution is 7.89. The Labute approximate surface area is 95.2 Å². The predicted octanol–water partition coefficient (Wildman–Crippen LogP) is -0.0983. The molecule has 0 bridgehead atoms. The van der Waals surface area contributed by atoms with E-state index in [1.54, 1.807) is 0 Å². The highest BCUT2D eigenvalue weighted by Gasteiger charge is 2.33. The summed E-state index contributed by atoms with van der Waals surface area (Å²) in [4.78, 5) is 10.3. The molecular formula is C9H17NO5S. The lowest BCUT2D eigenvalue weighted by Crippen LogP contribution is -2.51. The monoisotopic (exact) mass is 251 g/mol. The number of hydrogen-bond acceptors (Lipinski definition) is 4. The molecule has 1 saturated heterocycles. The first-order valence-electron chi connectivity index (χ1n) is 5.06. The zero-order chi connectivity index (χ0) is 12.4. The van der Waals surface area contributed by atoms with Crippen LogP contribution >= 0.6 is 0 Å². The Morgan fingerprint density at radius 1 is 1.50 bits per heavy atom. The lowest BCUT2D eigenvalue weighted by Gasteiger charge is -2.37. The van der Waals surface area contributed by atoms with E-state index in [0.717, 1.165) is 0 Å². The second kappa shape index (κ2) is 4.68. The van der Waals surface area contributed by atoms with Crippen LogP contribution < -0.4 is 0 Å². The average molecular weight is 251 g/mol. The zero-order valence-corrected chi connectivity index (χ0v) is 10.3. The van der Waals surface area contributed by atoms with Gasteiger partial charge in [-0.3, -0.25) is 4.79 Å². The Morgan fingerprint density at radius 3 is 2.62 bits per heavy atom. The highest BCUT2D eigenvalue weighted by Crippen LogP contribution is 2.19. The number of carboxylic acid groups (broad SMARTS) is 1. The number of ether oxygens (including phenoxy) is 1. The number of rotatable bonds is 4. The Bertz CT molecular complexity index is 362. The number of nitrogens with zero attached hydrogens (tertiary/aromatic N) is 1. The maximum atomic E-state index is 11.8. The second-order valence-electron chi connectivity index (χ2n) is 4.40. The van der Waals surface area contributed by atoms with Crippen LogP contribution in [0.15, 0.2) is 0 Å². The van der Waals surface area contributed by atoms with Crippen LogP contribution in [0.3, 0.4) is 0 Å². The van der Waals surface area contributed by atoms with Gasteiger partial charge in [0.05, 0.1) is 24.4 Å². The molecule has 0 saturated carbocycles. The number of carbonyl (C=O) groups is 1. The normalized spacial score (nSPS) is 21.9. The molecule has 0 atom stereocenters. The zero-order valence-electron chi connectivity index (χ0n) is 9.47. The van der Waals surface area contributed by atoms with Crippen LogP contribution in [-0.4, -0.2) is 54.8 Å². The fraction of sp³-hybridized carbons (Fsp3) is 0.889. The summed E-state index contributed by atoms with van der Waals surface area (Å²) in [5, 5.41) is 8.47. The van der Waals surface area contributed by atoms with E-state index in [2.05, 4.69) is 0 Å². The summed E-state index contributed by atoms with van der Waals surface area (Å²) in [6.45, 7) is 4.54. The van der Waals surface area contributed by atoms with E-state index in [-0.39, 0.29) is 18.7 Å². The van der Waals surface area contributed by atoms with E-state index < -0.39 is 21.6 Å². The standard InChI is InChI=1S/C9H17NO5S/c1-9(2)7-10(4-5-15-9)16(13,14)6-3-8(11)12/h3-7H2,1-2H3,(H,11,12). The molecule has 1 aliphatic rings. The summed E-state index contributed by atoms with van der Waals surface area (Å²) in [5.74, 6) is -1.45. The van der Waals surface area contributed by atoms with E-state index in [0.29, 0.717) is 13.2 Å². The van der Waals surface area contributed by atoms with Crippen LogP contribution in [0.25, 0.3) is 0 Å². The molecule has 1 heterocycles. The first-order chi connectivity index (χ1) is 7.23. The smallest absolute Gasteiger partial charge is 0.304 e. The molecule has 1 rings (SSSR count). The molecule has 0 radical (unpaired) electrons. The molecule has 7 heteroatoms. The van der Waals surface area contributed by atoms with Crippen molar-refractivity contribution < 1.29 is 23.1 Å². The fourth-order valence-corrected chi connectivity index (χ4v) is 3.11. The van der Waals surface area contributed by atoms with E-state index >= 15 is 0 Å². The van der Waals surface area contributed by atoms with Crippen molar-refractivity contribution in [2.45, 2.75) is 25.9 Å². The Kier molecular flexibility index (Phi) is 3.92. The minimum Gasteiger partial charge on any atom is -0.481 e. The third-order valence-electron chi connectivity index (χ3n) is 2.36. The number of aliphatic carboxylic acids is 1. The van der Waals surface area contributed by atoms with Crippen LogP contribution in [0.2, 0.25) is 0 Å². The van der Waals surface area contributed by atoms with Crippen molar-refractivity contribution in [3.8, 4) is 0 Å². The van der Waals surface area contributed by atoms with Gasteiger partial charge in [0.15, 0.2) is 0 Å². The van der Waals surface area contributed by atoms with Crippen LogP contribution in [0.1, 0.15) is 20.3 Å². The number of sulfonamides is 1. The topological polar surface area (TPSA) is 83.9 Å². The lowest BCUT2D eigenvalue weighted by molar-refractivity contribution is -0.136. The SMILES string of the molecule is CC1(C)CN(S(=O)(=O)CCC(=O)O)CCO1. The molecule has 0 aromatic rings. The van der Waals surface area contributed by atoms with Gasteiger partial charge in [-0.15, -0.1) is 0 Å². The van der Waals surface area contributed by atoms with Crippen molar-refractivity contribution in [2.24, 2.45) is 0 Å². The largest absolute Gasteiger partial charge is 0.481 e. The van der Waals surface area contributed by atoms with Crippen molar-refractivity contribution in [1.29, 1.82) is 0 Å². The first-order valence-corrected chi connectivity index (χ1v) is 6.67. The molecule has 16 heavy (non-hydrogen) atoms. The van der Waals surface area contributed by atoms with Crippen LogP contribution in [-0.2, 0) is 19.6 Å². The average Bonchev–Trinajstić information content (AvgIpc) is 2.13. The van der Waals surface area contributed by atoms with Crippen molar-refractivity contribution in [3.63, 3.8) is 0 Å². The van der Waals surface area contributed by atoms with Gasteiger partial charge in [-0.1, -0.05) is 0 Å². The predicted molar refractivity (Wildman–Crippen MR) is 57.6 cm³/mol. The van der Waals surface area contributed by atoms with Gasteiger partial charge in [0, 0.05) is 13.1 Å². The lowest BCUT2D eigenvalue weighted by atomic mass is 10.1. The van der Waals surface area contributed by atoms with Gasteiger partial charge in [0.1, 0.15) is 0 Å². The molecule has 1 N–H and O–H groups in total. The fourth-order valence-electron chi connectivity index (χ4n) is 1.56. The third-order valence-corrected chi connectivity index (χ3v) is 4.18. The summed E-state index contributed by atoms with van der Waals surface area (Å²) in [7, 11) is -3.48. The Hall–Kier alpha value is -0.660.